The Hall–Kier alpha value is -1.59. The normalized spacial score (nSPS) is 30.9. The average Bonchev–Trinajstić information content (AvgIpc) is 3.31. The van der Waals surface area contributed by atoms with E-state index in [0.717, 1.165) is 36.8 Å². The van der Waals surface area contributed by atoms with Gasteiger partial charge in [-0.15, -0.1) is 0 Å². The summed E-state index contributed by atoms with van der Waals surface area (Å²) >= 11 is 19.7. The van der Waals surface area contributed by atoms with Crippen LogP contribution in [0.15, 0.2) is 36.4 Å². The molecule has 1 aliphatic carbocycles. The van der Waals surface area contributed by atoms with Crippen LogP contribution < -0.4 is 10.6 Å². The first kappa shape index (κ1) is 28.0. The summed E-state index contributed by atoms with van der Waals surface area (Å²) in [5.41, 5.74) is 1.15. The fourth-order valence-electron chi connectivity index (χ4n) is 7.15. The molecular weight excluding hydrogens is 539 g/mol. The summed E-state index contributed by atoms with van der Waals surface area (Å²) in [5, 5.41) is 8.20. The summed E-state index contributed by atoms with van der Waals surface area (Å²) < 4.78 is 0. The molecule has 1 saturated heterocycles. The monoisotopic (exact) mass is 574 g/mol. The van der Waals surface area contributed by atoms with Gasteiger partial charge in [-0.2, -0.15) is 0 Å². The molecule has 0 unspecified atom stereocenters. The zero-order chi connectivity index (χ0) is 27.4. The number of rotatable bonds is 5. The number of carbonyl (C=O) groups excluding carboxylic acids is 2. The van der Waals surface area contributed by atoms with E-state index in [2.05, 4.69) is 38.3 Å². The van der Waals surface area contributed by atoms with Gasteiger partial charge < -0.3 is 10.6 Å². The van der Waals surface area contributed by atoms with Crippen molar-refractivity contribution in [3.63, 3.8) is 0 Å². The molecule has 38 heavy (non-hydrogen) atoms. The molecule has 0 radical (unpaired) electrons. The van der Waals surface area contributed by atoms with Gasteiger partial charge in [-0.25, -0.2) is 0 Å². The highest BCUT2D eigenvalue weighted by Gasteiger charge is 2.65. The van der Waals surface area contributed by atoms with Crippen LogP contribution >= 0.6 is 34.8 Å². The van der Waals surface area contributed by atoms with Crippen LogP contribution in [0.2, 0.25) is 15.1 Å². The number of anilines is 1. The van der Waals surface area contributed by atoms with Gasteiger partial charge in [0, 0.05) is 29.1 Å². The van der Waals surface area contributed by atoms with E-state index < -0.39 is 17.4 Å². The maximum atomic E-state index is 14.3. The Morgan fingerprint density at radius 3 is 2.45 bits per heavy atom. The lowest BCUT2D eigenvalue weighted by Gasteiger charge is -2.38. The third-order valence-electron chi connectivity index (χ3n) is 8.91. The molecule has 1 spiro atoms. The molecule has 204 valence electrons. The summed E-state index contributed by atoms with van der Waals surface area (Å²) in [4.78, 5) is 28.5. The molecule has 2 fully saturated rings. The first-order chi connectivity index (χ1) is 17.9. The van der Waals surface area contributed by atoms with Gasteiger partial charge in [-0.1, -0.05) is 93.5 Å². The summed E-state index contributed by atoms with van der Waals surface area (Å²) in [6.07, 6.45) is 5.66. The van der Waals surface area contributed by atoms with E-state index >= 15 is 0 Å². The molecule has 0 aromatic heterocycles. The van der Waals surface area contributed by atoms with Crippen molar-refractivity contribution < 1.29 is 9.59 Å². The van der Waals surface area contributed by atoms with Crippen molar-refractivity contribution in [2.75, 3.05) is 5.32 Å². The lowest BCUT2D eigenvalue weighted by atomic mass is 9.62. The molecule has 2 aromatic carbocycles. The van der Waals surface area contributed by atoms with Crippen LogP contribution in [0.25, 0.3) is 0 Å². The molecule has 1 saturated carbocycles. The van der Waals surface area contributed by atoms with Crippen molar-refractivity contribution in [2.45, 2.75) is 89.6 Å². The highest BCUT2D eigenvalue weighted by Crippen LogP contribution is 2.58. The Morgan fingerprint density at radius 2 is 1.76 bits per heavy atom. The van der Waals surface area contributed by atoms with Crippen molar-refractivity contribution in [1.29, 1.82) is 0 Å². The molecular formula is C31H37Cl3N2O2. The number of hydrogen-bond acceptors (Lipinski definition) is 3. The van der Waals surface area contributed by atoms with Crippen LogP contribution in [-0.2, 0) is 15.0 Å². The second kappa shape index (κ2) is 10.4. The van der Waals surface area contributed by atoms with Gasteiger partial charge in [-0.3, -0.25) is 9.59 Å². The Balaban J connectivity index is 1.67. The SMILES string of the molecule is CC1CCC(CC(=O)[C@@H]2N[C@@H](CC(C)(C)C)[C@@]3(C(=O)Nc4cc(Cl)ccc43)[C@H]2c2cccc(Cl)c2Cl)CC1. The standard InChI is InChI=1S/C31H37Cl3N2O2/c1-17-8-10-18(11-9-17)14-24(37)28-26(20-6-5-7-22(33)27(20)34)31(25(36-28)16-30(2,3)4)21-13-12-19(32)15-23(21)35-29(31)38/h5-7,12-13,15,17-18,25-26,28,36H,8-11,14,16H2,1-4H3,(H,35,38)/t17?,18?,25-,26-,28-,31+/m0/s1. The van der Waals surface area contributed by atoms with E-state index in [0.29, 0.717) is 45.4 Å². The Morgan fingerprint density at radius 1 is 1.05 bits per heavy atom. The van der Waals surface area contributed by atoms with Crippen LogP contribution in [0.4, 0.5) is 5.69 Å². The third-order valence-corrected chi connectivity index (χ3v) is 9.98. The molecule has 0 bridgehead atoms. The van der Waals surface area contributed by atoms with E-state index in [1.165, 1.54) is 0 Å². The van der Waals surface area contributed by atoms with E-state index in [9.17, 15) is 9.59 Å². The van der Waals surface area contributed by atoms with Gasteiger partial charge >= 0.3 is 0 Å². The van der Waals surface area contributed by atoms with Crippen molar-refractivity contribution in [3.05, 3.63) is 62.6 Å². The lowest BCUT2D eigenvalue weighted by Crippen LogP contribution is -2.49. The molecule has 2 N–H and O–H groups in total. The van der Waals surface area contributed by atoms with Crippen molar-refractivity contribution >= 4 is 52.2 Å². The van der Waals surface area contributed by atoms with Crippen LogP contribution in [0, 0.1) is 17.3 Å². The first-order valence-corrected chi connectivity index (χ1v) is 14.9. The molecule has 2 aromatic rings. The molecule has 4 nitrogen and oxygen atoms in total. The number of Topliss-reactive ketones (excluding diaryl/α,β-unsaturated/α-hetero) is 1. The largest absolute Gasteiger partial charge is 0.325 e. The van der Waals surface area contributed by atoms with Gasteiger partial charge in [0.1, 0.15) is 5.41 Å². The van der Waals surface area contributed by atoms with Crippen molar-refractivity contribution in [1.82, 2.24) is 5.32 Å². The lowest BCUT2D eigenvalue weighted by molar-refractivity contribution is -0.123. The summed E-state index contributed by atoms with van der Waals surface area (Å²) in [6, 6.07) is 10.2. The molecule has 2 aliphatic heterocycles. The van der Waals surface area contributed by atoms with Crippen LogP contribution in [0.1, 0.15) is 83.3 Å². The summed E-state index contributed by atoms with van der Waals surface area (Å²) in [7, 11) is 0. The third kappa shape index (κ3) is 4.91. The Kier molecular flexibility index (Phi) is 7.67. The van der Waals surface area contributed by atoms with Gasteiger partial charge in [0.2, 0.25) is 5.91 Å². The number of hydrogen-bond donors (Lipinski definition) is 2. The molecule has 1 amide bonds. The second-order valence-electron chi connectivity index (χ2n) is 12.9. The highest BCUT2D eigenvalue weighted by molar-refractivity contribution is 6.42. The zero-order valence-corrected chi connectivity index (χ0v) is 24.8. The molecule has 2 heterocycles. The maximum Gasteiger partial charge on any atom is 0.237 e. The van der Waals surface area contributed by atoms with Gasteiger partial charge in [0.15, 0.2) is 5.78 Å². The summed E-state index contributed by atoms with van der Waals surface area (Å²) in [6.45, 7) is 8.78. The summed E-state index contributed by atoms with van der Waals surface area (Å²) in [5.74, 6) is 0.598. The molecule has 3 aliphatic rings. The Bertz CT molecular complexity index is 1250. The predicted molar refractivity (Wildman–Crippen MR) is 156 cm³/mol. The van der Waals surface area contributed by atoms with Crippen molar-refractivity contribution in [2.24, 2.45) is 17.3 Å². The van der Waals surface area contributed by atoms with Crippen LogP contribution in [0.5, 0.6) is 0 Å². The maximum absolute atomic E-state index is 14.3. The van der Waals surface area contributed by atoms with Crippen LogP contribution in [0.3, 0.4) is 0 Å². The number of carbonyl (C=O) groups is 2. The molecule has 5 rings (SSSR count). The fraction of sp³-hybridized carbons (Fsp3) is 0.548. The minimum absolute atomic E-state index is 0.0970. The minimum atomic E-state index is -1.04. The van der Waals surface area contributed by atoms with Gasteiger partial charge in [0.05, 0.1) is 16.1 Å². The highest BCUT2D eigenvalue weighted by atomic mass is 35.5. The second-order valence-corrected chi connectivity index (χ2v) is 14.1. The topological polar surface area (TPSA) is 58.2 Å². The Labute approximate surface area is 241 Å². The van der Waals surface area contributed by atoms with Gasteiger partial charge in [-0.05, 0) is 65.8 Å². The quantitative estimate of drug-likeness (QED) is 0.378. The number of ketones is 1. The molecule has 7 heteroatoms. The molecule has 4 atom stereocenters. The number of benzene rings is 2. The van der Waals surface area contributed by atoms with E-state index in [-0.39, 0.29) is 23.1 Å². The zero-order valence-electron chi connectivity index (χ0n) is 22.5. The van der Waals surface area contributed by atoms with E-state index in [1.807, 2.05) is 24.3 Å². The van der Waals surface area contributed by atoms with E-state index in [1.54, 1.807) is 12.1 Å². The average molecular weight is 576 g/mol. The first-order valence-electron chi connectivity index (χ1n) is 13.8. The van der Waals surface area contributed by atoms with Crippen LogP contribution in [-0.4, -0.2) is 23.8 Å². The number of nitrogens with one attached hydrogen (secondary N) is 2. The van der Waals surface area contributed by atoms with Crippen molar-refractivity contribution in [3.8, 4) is 0 Å². The smallest absolute Gasteiger partial charge is 0.237 e. The van der Waals surface area contributed by atoms with Gasteiger partial charge in [0.25, 0.3) is 0 Å². The predicted octanol–water partition coefficient (Wildman–Crippen LogP) is 8.18. The number of fused-ring (bicyclic) bond motifs is 2. The minimum Gasteiger partial charge on any atom is -0.325 e. The fourth-order valence-corrected chi connectivity index (χ4v) is 7.75. The number of amides is 1. The van der Waals surface area contributed by atoms with E-state index in [4.69, 9.17) is 34.8 Å². The number of halogens is 3.